The summed E-state index contributed by atoms with van der Waals surface area (Å²) in [5.74, 6) is -0.571. The van der Waals surface area contributed by atoms with Crippen molar-refractivity contribution in [3.63, 3.8) is 0 Å². The van der Waals surface area contributed by atoms with Gasteiger partial charge in [-0.05, 0) is 22.0 Å². The van der Waals surface area contributed by atoms with Gasteiger partial charge in [0.25, 0.3) is 0 Å². The van der Waals surface area contributed by atoms with Crippen molar-refractivity contribution in [1.29, 1.82) is 0 Å². The van der Waals surface area contributed by atoms with E-state index in [-0.39, 0.29) is 10.2 Å². The molecule has 0 saturated carbocycles. The summed E-state index contributed by atoms with van der Waals surface area (Å²) in [5.41, 5.74) is 0.0950. The minimum absolute atomic E-state index is 0.0933. The summed E-state index contributed by atoms with van der Waals surface area (Å²) in [6.07, 6.45) is 0. The number of benzene rings is 1. The highest BCUT2D eigenvalue weighted by Crippen LogP contribution is 2.31. The van der Waals surface area contributed by atoms with E-state index in [1.54, 1.807) is 0 Å². The Balaban J connectivity index is 2.18. The summed E-state index contributed by atoms with van der Waals surface area (Å²) in [7, 11) is 5.27. The van der Waals surface area contributed by atoms with Crippen LogP contribution in [0.25, 0.3) is 0 Å². The second-order valence-corrected chi connectivity index (χ2v) is 6.34. The molecule has 2 rings (SSSR count). The van der Waals surface area contributed by atoms with Crippen molar-refractivity contribution in [2.45, 2.75) is 6.54 Å². The lowest BCUT2D eigenvalue weighted by molar-refractivity contribution is 0.397. The standard InChI is InChI=1S/C13H14BrF2N3OS/c1-19(2)13-18-12(20-3)11(21-13)6-17-10-5-8(15)7(14)4-9(10)16/h4-5,17H,6H2,1-3H3. The van der Waals surface area contributed by atoms with E-state index in [9.17, 15) is 8.78 Å². The molecule has 0 fully saturated rings. The maximum Gasteiger partial charge on any atom is 0.231 e. The number of nitrogens with zero attached hydrogens (tertiary/aromatic N) is 2. The first-order valence-electron chi connectivity index (χ1n) is 6.01. The predicted molar refractivity (Wildman–Crippen MR) is 84.4 cm³/mol. The first-order valence-corrected chi connectivity index (χ1v) is 7.62. The topological polar surface area (TPSA) is 37.4 Å². The first-order chi connectivity index (χ1) is 9.92. The van der Waals surface area contributed by atoms with Crippen LogP contribution in [0, 0.1) is 11.6 Å². The van der Waals surface area contributed by atoms with E-state index >= 15 is 0 Å². The molecule has 0 aliphatic carbocycles. The van der Waals surface area contributed by atoms with Gasteiger partial charge < -0.3 is 15.0 Å². The minimum atomic E-state index is -0.528. The van der Waals surface area contributed by atoms with Crippen molar-refractivity contribution in [1.82, 2.24) is 4.98 Å². The summed E-state index contributed by atoms with van der Waals surface area (Å²) < 4.78 is 32.5. The molecule has 0 spiro atoms. The van der Waals surface area contributed by atoms with Crippen molar-refractivity contribution >= 4 is 38.1 Å². The molecule has 0 saturated heterocycles. The molecular formula is C13H14BrF2N3OS. The zero-order valence-corrected chi connectivity index (χ0v) is 14.1. The maximum absolute atomic E-state index is 13.7. The van der Waals surface area contributed by atoms with Crippen LogP contribution in [0.4, 0.5) is 19.6 Å². The molecule has 1 heterocycles. The number of hydrogen-bond donors (Lipinski definition) is 1. The van der Waals surface area contributed by atoms with E-state index < -0.39 is 11.6 Å². The molecule has 21 heavy (non-hydrogen) atoms. The molecule has 1 aromatic carbocycles. The van der Waals surface area contributed by atoms with Crippen molar-refractivity contribution in [2.75, 3.05) is 31.4 Å². The van der Waals surface area contributed by atoms with E-state index in [1.807, 2.05) is 19.0 Å². The van der Waals surface area contributed by atoms with Crippen LogP contribution in [-0.4, -0.2) is 26.2 Å². The molecule has 0 unspecified atom stereocenters. The fraction of sp³-hybridized carbons (Fsp3) is 0.308. The third-order valence-electron chi connectivity index (χ3n) is 2.68. The lowest BCUT2D eigenvalue weighted by atomic mass is 10.3. The molecule has 0 aliphatic rings. The van der Waals surface area contributed by atoms with Crippen LogP contribution >= 0.6 is 27.3 Å². The molecule has 2 aromatic rings. The van der Waals surface area contributed by atoms with E-state index in [1.165, 1.54) is 18.4 Å². The van der Waals surface area contributed by atoms with Gasteiger partial charge in [0.15, 0.2) is 5.13 Å². The fourth-order valence-corrected chi connectivity index (χ4v) is 2.83. The van der Waals surface area contributed by atoms with Crippen molar-refractivity contribution in [3.8, 4) is 5.88 Å². The van der Waals surface area contributed by atoms with Gasteiger partial charge in [-0.2, -0.15) is 4.98 Å². The molecular weight excluding hydrogens is 364 g/mol. The largest absolute Gasteiger partial charge is 0.480 e. The average molecular weight is 378 g/mol. The molecule has 1 aromatic heterocycles. The van der Waals surface area contributed by atoms with Gasteiger partial charge in [-0.15, -0.1) is 0 Å². The van der Waals surface area contributed by atoms with Gasteiger partial charge in [-0.25, -0.2) is 8.78 Å². The van der Waals surface area contributed by atoms with Crippen LogP contribution in [-0.2, 0) is 6.54 Å². The Hall–Kier alpha value is -1.41. The van der Waals surface area contributed by atoms with Gasteiger partial charge in [-0.1, -0.05) is 11.3 Å². The number of anilines is 2. The second kappa shape index (κ2) is 6.57. The van der Waals surface area contributed by atoms with Crippen LogP contribution in [0.15, 0.2) is 16.6 Å². The van der Waals surface area contributed by atoms with E-state index in [0.717, 1.165) is 22.1 Å². The van der Waals surface area contributed by atoms with Gasteiger partial charge in [0, 0.05) is 20.2 Å². The summed E-state index contributed by atoms with van der Waals surface area (Å²) in [6, 6.07) is 2.20. The van der Waals surface area contributed by atoms with Crippen LogP contribution in [0.2, 0.25) is 0 Å². The van der Waals surface area contributed by atoms with E-state index in [4.69, 9.17) is 4.74 Å². The number of halogens is 3. The van der Waals surface area contributed by atoms with Crippen LogP contribution in [0.1, 0.15) is 4.88 Å². The number of hydrogen-bond acceptors (Lipinski definition) is 5. The van der Waals surface area contributed by atoms with Crippen molar-refractivity contribution < 1.29 is 13.5 Å². The lowest BCUT2D eigenvalue weighted by Gasteiger charge is -2.08. The molecule has 114 valence electrons. The summed E-state index contributed by atoms with van der Waals surface area (Å²) >= 11 is 4.37. The lowest BCUT2D eigenvalue weighted by Crippen LogP contribution is -2.07. The molecule has 4 nitrogen and oxygen atoms in total. The molecule has 0 bridgehead atoms. The van der Waals surface area contributed by atoms with Gasteiger partial charge in [-0.3, -0.25) is 0 Å². The Kier molecular flexibility index (Phi) is 5.00. The Labute approximate surface area is 133 Å². The third kappa shape index (κ3) is 3.62. The van der Waals surface area contributed by atoms with Crippen LogP contribution < -0.4 is 15.0 Å². The van der Waals surface area contributed by atoms with E-state index in [2.05, 4.69) is 26.2 Å². The fourth-order valence-electron chi connectivity index (χ4n) is 1.62. The Morgan fingerprint density at radius 3 is 2.67 bits per heavy atom. The maximum atomic E-state index is 13.7. The molecule has 1 N–H and O–H groups in total. The SMILES string of the molecule is COc1nc(N(C)C)sc1CNc1cc(F)c(Br)cc1F. The number of nitrogens with one attached hydrogen (secondary N) is 1. The zero-order chi connectivity index (χ0) is 15.6. The number of thiazole rings is 1. The summed E-state index contributed by atoms with van der Waals surface area (Å²) in [4.78, 5) is 6.97. The predicted octanol–water partition coefficient (Wildman–Crippen LogP) is 3.87. The second-order valence-electron chi connectivity index (χ2n) is 4.42. The van der Waals surface area contributed by atoms with Gasteiger partial charge in [0.05, 0.1) is 28.7 Å². The number of ether oxygens (including phenoxy) is 1. The van der Waals surface area contributed by atoms with Crippen molar-refractivity contribution in [3.05, 3.63) is 33.1 Å². The monoisotopic (exact) mass is 377 g/mol. The number of rotatable bonds is 5. The molecule has 8 heteroatoms. The molecule has 0 amide bonds. The highest BCUT2D eigenvalue weighted by atomic mass is 79.9. The number of aromatic nitrogens is 1. The van der Waals surface area contributed by atoms with Crippen LogP contribution in [0.3, 0.4) is 0 Å². The smallest absolute Gasteiger partial charge is 0.231 e. The Morgan fingerprint density at radius 2 is 2.05 bits per heavy atom. The zero-order valence-electron chi connectivity index (χ0n) is 11.7. The molecule has 0 atom stereocenters. The van der Waals surface area contributed by atoms with Gasteiger partial charge in [0.1, 0.15) is 11.6 Å². The number of methoxy groups -OCH3 is 1. The molecule has 0 aliphatic heterocycles. The third-order valence-corrected chi connectivity index (χ3v) is 4.49. The van der Waals surface area contributed by atoms with Gasteiger partial charge >= 0.3 is 0 Å². The van der Waals surface area contributed by atoms with Crippen molar-refractivity contribution in [2.24, 2.45) is 0 Å². The van der Waals surface area contributed by atoms with E-state index in [0.29, 0.717) is 12.4 Å². The average Bonchev–Trinajstić information content (AvgIpc) is 2.85. The highest BCUT2D eigenvalue weighted by molar-refractivity contribution is 9.10. The summed E-state index contributed by atoms with van der Waals surface area (Å²) in [5, 5.41) is 3.64. The van der Waals surface area contributed by atoms with Gasteiger partial charge in [0.2, 0.25) is 5.88 Å². The Bertz CT molecular complexity index is 649. The summed E-state index contributed by atoms with van der Waals surface area (Å²) in [6.45, 7) is 0.298. The van der Waals surface area contributed by atoms with Crippen LogP contribution in [0.5, 0.6) is 5.88 Å². The molecule has 0 radical (unpaired) electrons. The highest BCUT2D eigenvalue weighted by Gasteiger charge is 2.14. The quantitative estimate of drug-likeness (QED) is 0.802. The Morgan fingerprint density at radius 1 is 1.33 bits per heavy atom. The normalized spacial score (nSPS) is 10.6. The minimum Gasteiger partial charge on any atom is -0.480 e. The first kappa shape index (κ1) is 16.0.